The van der Waals surface area contributed by atoms with E-state index in [9.17, 15) is 0 Å². The molecule has 0 radical (unpaired) electrons. The summed E-state index contributed by atoms with van der Waals surface area (Å²) in [7, 11) is -1.70. The van der Waals surface area contributed by atoms with Crippen molar-refractivity contribution in [3.63, 3.8) is 0 Å². The molecule has 0 bridgehead atoms. The molecule has 0 atom stereocenters. The van der Waals surface area contributed by atoms with Crippen LogP contribution in [0.2, 0.25) is 18.1 Å². The van der Waals surface area contributed by atoms with Crippen LogP contribution in [-0.2, 0) is 11.0 Å². The van der Waals surface area contributed by atoms with Crippen molar-refractivity contribution in [2.45, 2.75) is 45.5 Å². The first kappa shape index (κ1) is 16.9. The largest absolute Gasteiger partial charge is 0.413 e. The van der Waals surface area contributed by atoms with Crippen molar-refractivity contribution in [2.75, 3.05) is 12.3 Å². The van der Waals surface area contributed by atoms with E-state index in [-0.39, 0.29) is 11.6 Å². The van der Waals surface area contributed by atoms with E-state index in [4.69, 9.17) is 15.3 Å². The lowest BCUT2D eigenvalue weighted by Gasteiger charge is -2.35. The van der Waals surface area contributed by atoms with Gasteiger partial charge in [-0.1, -0.05) is 39.0 Å². The Morgan fingerprint density at radius 3 is 2.50 bits per heavy atom. The van der Waals surface area contributed by atoms with Gasteiger partial charge in [-0.3, -0.25) is 0 Å². The highest BCUT2D eigenvalue weighted by atomic mass is 28.4. The van der Waals surface area contributed by atoms with E-state index in [1.807, 2.05) is 30.4 Å². The minimum Gasteiger partial charge on any atom is -0.413 e. The Bertz CT molecular complexity index is 476. The second kappa shape index (κ2) is 6.57. The average molecular weight is 293 g/mol. The zero-order valence-corrected chi connectivity index (χ0v) is 14.2. The van der Waals surface area contributed by atoms with Gasteiger partial charge in [0, 0.05) is 5.69 Å². The fraction of sp³-hybridized carbons (Fsp3) is 0.500. The Labute approximate surface area is 123 Å². The maximum Gasteiger partial charge on any atom is 0.192 e. The number of nitrogen functional groups attached to an aromatic ring is 1. The van der Waals surface area contributed by atoms with Gasteiger partial charge in [-0.2, -0.15) is 0 Å². The number of aliphatic hydroxyl groups excluding tert-OH is 1. The summed E-state index contributed by atoms with van der Waals surface area (Å²) < 4.78 is 6.07. The van der Waals surface area contributed by atoms with Crippen molar-refractivity contribution in [3.05, 3.63) is 35.4 Å². The lowest BCUT2D eigenvalue weighted by atomic mass is 10.1. The third-order valence-corrected chi connectivity index (χ3v) is 8.48. The predicted molar refractivity (Wildman–Crippen MR) is 89.0 cm³/mol. The topological polar surface area (TPSA) is 55.5 Å². The van der Waals surface area contributed by atoms with Crippen LogP contribution in [-0.4, -0.2) is 20.0 Å². The molecule has 0 amide bonds. The van der Waals surface area contributed by atoms with Gasteiger partial charge in [0.1, 0.15) is 0 Å². The van der Waals surface area contributed by atoms with Crippen molar-refractivity contribution in [3.8, 4) is 0 Å². The van der Waals surface area contributed by atoms with Crippen LogP contribution in [0.15, 0.2) is 24.3 Å². The van der Waals surface area contributed by atoms with Crippen molar-refractivity contribution >= 4 is 20.1 Å². The van der Waals surface area contributed by atoms with Gasteiger partial charge in [0.2, 0.25) is 0 Å². The maximum absolute atomic E-state index is 9.14. The molecule has 3 nitrogen and oxygen atoms in total. The average Bonchev–Trinajstić information content (AvgIpc) is 2.35. The summed E-state index contributed by atoms with van der Waals surface area (Å²) in [6.07, 6.45) is 3.95. The lowest BCUT2D eigenvalue weighted by molar-refractivity contribution is 0.282. The molecule has 1 aromatic rings. The number of benzene rings is 1. The molecule has 1 aromatic carbocycles. The fourth-order valence-corrected chi connectivity index (χ4v) is 2.46. The van der Waals surface area contributed by atoms with E-state index in [1.165, 1.54) is 0 Å². The molecule has 1 rings (SSSR count). The van der Waals surface area contributed by atoms with E-state index in [0.29, 0.717) is 12.3 Å². The van der Waals surface area contributed by atoms with Crippen molar-refractivity contribution in [1.82, 2.24) is 0 Å². The molecule has 0 aliphatic carbocycles. The normalized spacial score (nSPS) is 13.1. The minimum atomic E-state index is -1.70. The molecule has 0 spiro atoms. The molecular formula is C16H27NO2Si. The molecule has 4 heteroatoms. The van der Waals surface area contributed by atoms with Crippen LogP contribution >= 0.6 is 0 Å². The summed E-state index contributed by atoms with van der Waals surface area (Å²) >= 11 is 0. The maximum atomic E-state index is 9.14. The molecule has 0 saturated heterocycles. The van der Waals surface area contributed by atoms with Crippen molar-refractivity contribution < 1.29 is 9.53 Å². The first-order valence-electron chi connectivity index (χ1n) is 6.97. The van der Waals surface area contributed by atoms with E-state index >= 15 is 0 Å². The number of aliphatic hydroxyl groups is 1. The molecular weight excluding hydrogens is 266 g/mol. The Morgan fingerprint density at radius 1 is 1.30 bits per heavy atom. The smallest absolute Gasteiger partial charge is 0.192 e. The first-order chi connectivity index (χ1) is 9.17. The van der Waals surface area contributed by atoms with Gasteiger partial charge in [0.25, 0.3) is 0 Å². The molecule has 0 aliphatic heterocycles. The molecule has 0 saturated carbocycles. The summed E-state index contributed by atoms with van der Waals surface area (Å²) in [6, 6.07) is 5.55. The standard InChI is InChI=1S/C16H27NO2Si/c1-16(2,3)20(4,5)19-10-6-7-14-11-13(12-18)8-9-15(14)17/h6-9,11,18H,10,12,17H2,1-5H3/b7-6+. The molecule has 0 aliphatic rings. The van der Waals surface area contributed by atoms with Crippen molar-refractivity contribution in [2.24, 2.45) is 0 Å². The summed E-state index contributed by atoms with van der Waals surface area (Å²) in [5, 5.41) is 9.36. The van der Waals surface area contributed by atoms with Gasteiger partial charge in [-0.15, -0.1) is 0 Å². The zero-order valence-electron chi connectivity index (χ0n) is 13.2. The number of nitrogens with two attached hydrogens (primary N) is 1. The highest BCUT2D eigenvalue weighted by Gasteiger charge is 2.36. The van der Waals surface area contributed by atoms with Crippen LogP contribution in [0.1, 0.15) is 31.9 Å². The summed E-state index contributed by atoms with van der Waals surface area (Å²) in [5.74, 6) is 0. The number of hydrogen-bond donors (Lipinski definition) is 2. The fourth-order valence-electron chi connectivity index (χ4n) is 1.51. The van der Waals surface area contributed by atoms with Crippen LogP contribution in [0.4, 0.5) is 5.69 Å². The van der Waals surface area contributed by atoms with Crippen LogP contribution in [0.25, 0.3) is 6.08 Å². The van der Waals surface area contributed by atoms with Gasteiger partial charge >= 0.3 is 0 Å². The Kier molecular flexibility index (Phi) is 5.56. The quantitative estimate of drug-likeness (QED) is 0.641. The van der Waals surface area contributed by atoms with E-state index in [1.54, 1.807) is 0 Å². The third-order valence-electron chi connectivity index (χ3n) is 3.98. The highest BCUT2D eigenvalue weighted by molar-refractivity contribution is 6.74. The van der Waals surface area contributed by atoms with Gasteiger partial charge in [0.05, 0.1) is 13.2 Å². The first-order valence-corrected chi connectivity index (χ1v) is 9.88. The summed E-state index contributed by atoms with van der Waals surface area (Å²) in [5.41, 5.74) is 8.42. The van der Waals surface area contributed by atoms with Crippen LogP contribution in [0, 0.1) is 0 Å². The summed E-state index contributed by atoms with van der Waals surface area (Å²) in [4.78, 5) is 0. The number of rotatable bonds is 5. The highest BCUT2D eigenvalue weighted by Crippen LogP contribution is 2.36. The molecule has 112 valence electrons. The molecule has 0 fully saturated rings. The second-order valence-electron chi connectivity index (χ2n) is 6.60. The Balaban J connectivity index is 2.66. The zero-order chi connectivity index (χ0) is 15.4. The molecule has 20 heavy (non-hydrogen) atoms. The SMILES string of the molecule is CC(C)(C)[Si](C)(C)OC/C=C/c1cc(CO)ccc1N. The third kappa shape index (κ3) is 4.47. The van der Waals surface area contributed by atoms with Crippen molar-refractivity contribution in [1.29, 1.82) is 0 Å². The minimum absolute atomic E-state index is 0.0294. The van der Waals surface area contributed by atoms with E-state index in [0.717, 1.165) is 11.1 Å². The summed E-state index contributed by atoms with van der Waals surface area (Å²) in [6.45, 7) is 11.8. The lowest BCUT2D eigenvalue weighted by Crippen LogP contribution is -2.40. The monoisotopic (exact) mass is 293 g/mol. The Hall–Kier alpha value is -1.10. The van der Waals surface area contributed by atoms with E-state index in [2.05, 4.69) is 33.9 Å². The second-order valence-corrected chi connectivity index (χ2v) is 11.4. The number of anilines is 1. The van der Waals surface area contributed by atoms with Gasteiger partial charge in [0.15, 0.2) is 8.32 Å². The molecule has 0 heterocycles. The predicted octanol–water partition coefficient (Wildman–Crippen LogP) is 3.80. The molecule has 0 aromatic heterocycles. The number of hydrogen-bond acceptors (Lipinski definition) is 3. The molecule has 3 N–H and O–H groups in total. The van der Waals surface area contributed by atoms with Gasteiger partial charge in [-0.25, -0.2) is 0 Å². The molecule has 0 unspecified atom stereocenters. The Morgan fingerprint density at radius 2 is 1.95 bits per heavy atom. The van der Waals surface area contributed by atoms with Crippen LogP contribution in [0.3, 0.4) is 0 Å². The van der Waals surface area contributed by atoms with Crippen LogP contribution < -0.4 is 5.73 Å². The van der Waals surface area contributed by atoms with Gasteiger partial charge in [-0.05, 0) is 41.4 Å². The van der Waals surface area contributed by atoms with Gasteiger partial charge < -0.3 is 15.3 Å². The van der Waals surface area contributed by atoms with E-state index < -0.39 is 8.32 Å². The van der Waals surface area contributed by atoms with Crippen LogP contribution in [0.5, 0.6) is 0 Å².